The monoisotopic (exact) mass is 741 g/mol. The van der Waals surface area contributed by atoms with Crippen LogP contribution in [0.2, 0.25) is 0 Å². The standard InChI is InChI=1S/C53H37NO/c1-53(2)48-20-9-7-16-43(48)44-31-29-40(33-49(44)53)54(39-28-22-34-12-3-4-14-37(34)32-39)38-26-23-36(24-27-38)42-30-25-35-13-5-6-15-41(35)51(42)47-19-11-18-46-45-17-8-10-21-50(45)55-52(46)47/h3-33H,1-2H3/i1D3,2D3,3D,4D,5D,6D,7D,8D,9D,10D,11D,12D,13D,14D,15D,16D,17D,18D,19D,20D,21D,22D,23D,24D,25D,26D,27D,28D,29D,30D,31D,32D,33D. The normalized spacial score (nSPS) is 23.0. The molecule has 1 aliphatic carbocycles. The zero-order valence-corrected chi connectivity index (χ0v) is 27.4. The smallest absolute Gasteiger partial charge is 0.143 e. The van der Waals surface area contributed by atoms with E-state index in [0.717, 1.165) is 0 Å². The Labute approximate surface area is 372 Å². The van der Waals surface area contributed by atoms with Crippen molar-refractivity contribution >= 4 is 60.5 Å². The van der Waals surface area contributed by atoms with E-state index in [2.05, 4.69) is 0 Å². The molecule has 1 aliphatic rings. The molecule has 0 amide bonds. The highest BCUT2D eigenvalue weighted by atomic mass is 16.3. The fourth-order valence-corrected chi connectivity index (χ4v) is 6.49. The van der Waals surface area contributed by atoms with Crippen LogP contribution in [0.15, 0.2) is 192 Å². The molecule has 0 saturated carbocycles. The third kappa shape index (κ3) is 4.88. The third-order valence-electron chi connectivity index (χ3n) is 8.94. The molecule has 10 aromatic rings. The Balaban J connectivity index is 1.39. The average molecular weight is 741 g/mol. The number of furan rings is 1. The van der Waals surface area contributed by atoms with Crippen LogP contribution < -0.4 is 4.90 Å². The molecule has 0 fully saturated rings. The first-order valence-electron chi connectivity index (χ1n) is 34.6. The van der Waals surface area contributed by atoms with Crippen molar-refractivity contribution in [1.29, 1.82) is 0 Å². The van der Waals surface area contributed by atoms with Crippen molar-refractivity contribution in [3.63, 3.8) is 0 Å². The van der Waals surface area contributed by atoms with Gasteiger partial charge >= 0.3 is 0 Å². The van der Waals surface area contributed by atoms with Crippen molar-refractivity contribution < 1.29 is 55.1 Å². The number of anilines is 3. The molecule has 0 aliphatic heterocycles. The van der Waals surface area contributed by atoms with Crippen LogP contribution in [0.4, 0.5) is 17.1 Å². The number of rotatable bonds is 5. The SMILES string of the molecule is [2H]c1c([2H])c([2H])c2c(c1[2H])-c1c([2H])c([2H])c(N(c3c([2H])c([2H])c(-c4c([2H])c([2H])c5c([2H])c([2H])c([2H])c([2H])c5c4-c4c([2H])c([2H])c([2H])c5c4oc4c([2H])c([2H])c([2H])c([2H])c45)c([2H])c3[2H])c3c([2H])c([2H])c4c([2H])c([2H])c([2H])c([2H])c4c3[2H])c([2H])c1C2(C([2H])([2H])[2H])C([2H])([2H])[2H]. The van der Waals surface area contributed by atoms with Crippen LogP contribution in [0, 0.1) is 0 Å². The molecule has 11 rings (SSSR count). The van der Waals surface area contributed by atoms with Gasteiger partial charge in [-0.1, -0.05) is 159 Å². The maximum atomic E-state index is 10.1. The maximum absolute atomic E-state index is 10.1. The first-order chi connectivity index (χ1) is 42.5. The van der Waals surface area contributed by atoms with Gasteiger partial charge in [-0.15, -0.1) is 0 Å². The van der Waals surface area contributed by atoms with E-state index in [4.69, 9.17) is 35.9 Å². The van der Waals surface area contributed by atoms with Crippen molar-refractivity contribution in [2.24, 2.45) is 0 Å². The second-order valence-electron chi connectivity index (χ2n) is 12.0. The Bertz CT molecular complexity index is 5110. The van der Waals surface area contributed by atoms with Gasteiger partial charge in [0, 0.05) is 52.6 Å². The lowest BCUT2D eigenvalue weighted by Crippen LogP contribution is -2.16. The Morgan fingerprint density at radius 2 is 1.07 bits per heavy atom. The lowest BCUT2D eigenvalue weighted by atomic mass is 9.82. The number of hydrogen-bond acceptors (Lipinski definition) is 2. The van der Waals surface area contributed by atoms with Crippen LogP contribution in [0.1, 0.15) is 75.5 Å². The second kappa shape index (κ2) is 12.1. The lowest BCUT2D eigenvalue weighted by Gasteiger charge is -2.28. The summed E-state index contributed by atoms with van der Waals surface area (Å²) >= 11 is 0. The molecule has 0 spiro atoms. The van der Waals surface area contributed by atoms with Gasteiger partial charge in [0.15, 0.2) is 0 Å². The van der Waals surface area contributed by atoms with Crippen molar-refractivity contribution in [2.75, 3.05) is 4.90 Å². The number of hydrogen-bond donors (Lipinski definition) is 0. The minimum Gasteiger partial charge on any atom is -0.455 e. The quantitative estimate of drug-likeness (QED) is 0.175. The summed E-state index contributed by atoms with van der Waals surface area (Å²) in [5, 5.41) is -4.59. The molecular formula is C53H37NO. The van der Waals surface area contributed by atoms with E-state index in [-0.39, 0.29) is 4.90 Å². The molecule has 0 atom stereocenters. The van der Waals surface area contributed by atoms with Crippen LogP contribution in [-0.2, 0) is 5.41 Å². The van der Waals surface area contributed by atoms with E-state index in [9.17, 15) is 19.2 Å². The summed E-state index contributed by atoms with van der Waals surface area (Å²) in [6.45, 7) is -8.14. The van der Waals surface area contributed by atoms with Crippen LogP contribution in [0.25, 0.3) is 76.9 Å². The fraction of sp³-hybridized carbons (Fsp3) is 0.0566. The summed E-state index contributed by atoms with van der Waals surface area (Å²) in [5.74, 6) is 0. The van der Waals surface area contributed by atoms with Gasteiger partial charge in [-0.3, -0.25) is 0 Å². The van der Waals surface area contributed by atoms with Crippen molar-refractivity contribution in [1.82, 2.24) is 0 Å². The highest BCUT2D eigenvalue weighted by Crippen LogP contribution is 2.51. The molecular weight excluding hydrogens is 667 g/mol. The lowest BCUT2D eigenvalue weighted by molar-refractivity contribution is 0.660. The molecule has 260 valence electrons. The Morgan fingerprint density at radius 3 is 1.95 bits per heavy atom. The molecule has 9 aromatic carbocycles. The Morgan fingerprint density at radius 1 is 0.455 bits per heavy atom. The van der Waals surface area contributed by atoms with E-state index in [1.165, 1.54) is 0 Å². The molecule has 2 heteroatoms. The Kier molecular flexibility index (Phi) is 2.59. The zero-order chi connectivity index (χ0) is 68.7. The molecule has 0 bridgehead atoms. The fourth-order valence-electron chi connectivity index (χ4n) is 6.49. The highest BCUT2D eigenvalue weighted by Gasteiger charge is 2.35. The maximum Gasteiger partial charge on any atom is 0.143 e. The predicted octanol–water partition coefficient (Wildman–Crippen LogP) is 15.0. The largest absolute Gasteiger partial charge is 0.455 e. The summed E-state index contributed by atoms with van der Waals surface area (Å²) in [6, 6.07) is -36.2. The molecule has 1 heterocycles. The van der Waals surface area contributed by atoms with E-state index < -0.39 is 311 Å². The van der Waals surface area contributed by atoms with Crippen LogP contribution in [-0.4, -0.2) is 0 Å². The van der Waals surface area contributed by atoms with E-state index in [1.807, 2.05) is 0 Å². The van der Waals surface area contributed by atoms with Gasteiger partial charge in [0.25, 0.3) is 0 Å². The van der Waals surface area contributed by atoms with E-state index in [0.29, 0.717) is 0 Å². The minimum absolute atomic E-state index is 0.144. The van der Waals surface area contributed by atoms with Gasteiger partial charge in [0.1, 0.15) is 11.2 Å². The van der Waals surface area contributed by atoms with Gasteiger partial charge < -0.3 is 9.32 Å². The van der Waals surface area contributed by atoms with Gasteiger partial charge in [0.2, 0.25) is 0 Å². The van der Waals surface area contributed by atoms with E-state index >= 15 is 0 Å². The topological polar surface area (TPSA) is 16.4 Å². The molecule has 0 N–H and O–H groups in total. The molecule has 55 heavy (non-hydrogen) atoms. The second-order valence-corrected chi connectivity index (χ2v) is 12.0. The summed E-state index contributed by atoms with van der Waals surface area (Å²) in [4.78, 5) is 0.144. The van der Waals surface area contributed by atoms with Crippen LogP contribution in [0.3, 0.4) is 0 Å². The zero-order valence-electron chi connectivity index (χ0n) is 64.4. The van der Waals surface area contributed by atoms with Crippen LogP contribution in [0.5, 0.6) is 0 Å². The summed E-state index contributed by atoms with van der Waals surface area (Å²) in [6.07, 6.45) is 0. The molecule has 0 saturated heterocycles. The van der Waals surface area contributed by atoms with Crippen LogP contribution >= 0.6 is 0 Å². The molecule has 1 aromatic heterocycles. The number of fused-ring (bicyclic) bond motifs is 8. The molecule has 0 radical (unpaired) electrons. The van der Waals surface area contributed by atoms with Gasteiger partial charge in [-0.2, -0.15) is 0 Å². The predicted molar refractivity (Wildman–Crippen MR) is 232 cm³/mol. The van der Waals surface area contributed by atoms with Crippen molar-refractivity contribution in [3.05, 3.63) is 198 Å². The van der Waals surface area contributed by atoms with Crippen molar-refractivity contribution in [3.8, 4) is 33.4 Å². The number of nitrogens with zero attached hydrogens (tertiary/aromatic N) is 1. The third-order valence-corrected chi connectivity index (χ3v) is 8.94. The first kappa shape index (κ1) is 11.8. The summed E-state index contributed by atoms with van der Waals surface area (Å²) < 4.78 is 344. The Hall–Kier alpha value is -6.90. The molecule has 2 nitrogen and oxygen atoms in total. The van der Waals surface area contributed by atoms with E-state index in [1.54, 1.807) is 0 Å². The summed E-state index contributed by atoms with van der Waals surface area (Å²) in [5.41, 5.74) is -18.1. The molecule has 0 unspecified atom stereocenters. The minimum atomic E-state index is -4.07. The summed E-state index contributed by atoms with van der Waals surface area (Å²) in [7, 11) is 0. The van der Waals surface area contributed by atoms with Crippen molar-refractivity contribution in [2.45, 2.75) is 19.1 Å². The van der Waals surface area contributed by atoms with Gasteiger partial charge in [-0.05, 0) is 97.2 Å². The number of benzene rings is 9. The number of para-hydroxylation sites is 2. The van der Waals surface area contributed by atoms with Gasteiger partial charge in [-0.25, -0.2) is 0 Å². The van der Waals surface area contributed by atoms with Gasteiger partial charge in [0.05, 0.1) is 42.5 Å². The average Bonchev–Trinajstić information content (AvgIpc) is 1.51. The highest BCUT2D eigenvalue weighted by molar-refractivity contribution is 6.14. The first-order valence-corrected chi connectivity index (χ1v) is 16.1.